The molecule has 2 N–H and O–H groups in total. The molecule has 1 aliphatic heterocycles. The van der Waals surface area contributed by atoms with Crippen molar-refractivity contribution in [2.45, 2.75) is 12.8 Å². The van der Waals surface area contributed by atoms with Crippen LogP contribution in [0.3, 0.4) is 0 Å². The summed E-state index contributed by atoms with van der Waals surface area (Å²) in [5.74, 6) is -0.211. The van der Waals surface area contributed by atoms with Crippen molar-refractivity contribution in [2.24, 2.45) is 0 Å². The van der Waals surface area contributed by atoms with E-state index in [9.17, 15) is 4.79 Å². The first kappa shape index (κ1) is 14.4. The zero-order valence-electron chi connectivity index (χ0n) is 11.2. The van der Waals surface area contributed by atoms with Gasteiger partial charge in [0.15, 0.2) is 0 Å². The summed E-state index contributed by atoms with van der Waals surface area (Å²) in [5.41, 5.74) is 3.61. The number of aryl methyl sites for hydroxylation is 1. The van der Waals surface area contributed by atoms with Crippen molar-refractivity contribution in [3.8, 4) is 0 Å². The molecular weight excluding hydrogens is 352 g/mol. The number of hydrogen-bond donors (Lipinski definition) is 2. The predicted octanol–water partition coefficient (Wildman–Crippen LogP) is 4.71. The summed E-state index contributed by atoms with van der Waals surface area (Å²) in [4.78, 5) is 12.3. The summed E-state index contributed by atoms with van der Waals surface area (Å²) in [5, 5.41) is 6.68. The van der Waals surface area contributed by atoms with E-state index < -0.39 is 0 Å². The Balaban J connectivity index is 1.83. The number of carbonyl (C=O) groups is 1. The van der Waals surface area contributed by atoms with E-state index in [1.165, 1.54) is 5.56 Å². The minimum absolute atomic E-state index is 0.211. The van der Waals surface area contributed by atoms with E-state index in [0.29, 0.717) is 10.6 Å². The Morgan fingerprint density at radius 1 is 1.24 bits per heavy atom. The zero-order valence-corrected chi connectivity index (χ0v) is 13.6. The monoisotopic (exact) mass is 364 g/mol. The molecule has 5 heteroatoms. The van der Waals surface area contributed by atoms with Crippen LogP contribution in [0.15, 0.2) is 40.9 Å². The van der Waals surface area contributed by atoms with Crippen molar-refractivity contribution in [2.75, 3.05) is 17.2 Å². The molecule has 0 fully saturated rings. The molecule has 1 amide bonds. The molecular formula is C16H14BrClN2O. The molecule has 2 aromatic rings. The minimum Gasteiger partial charge on any atom is -0.385 e. The SMILES string of the molecule is O=C(Nc1ccc2c(c1)NCCC2)c1cc(Br)ccc1Cl. The van der Waals surface area contributed by atoms with Gasteiger partial charge in [-0.3, -0.25) is 4.79 Å². The average molecular weight is 366 g/mol. The summed E-state index contributed by atoms with van der Waals surface area (Å²) < 4.78 is 0.823. The van der Waals surface area contributed by atoms with Crippen LogP contribution in [0.1, 0.15) is 22.3 Å². The summed E-state index contributed by atoms with van der Waals surface area (Å²) >= 11 is 9.43. The number of hydrogen-bond acceptors (Lipinski definition) is 2. The Morgan fingerprint density at radius 2 is 2.10 bits per heavy atom. The Labute approximate surface area is 136 Å². The van der Waals surface area contributed by atoms with Crippen LogP contribution in [0.25, 0.3) is 0 Å². The molecule has 0 saturated heterocycles. The van der Waals surface area contributed by atoms with Crippen LogP contribution in [0.2, 0.25) is 5.02 Å². The number of anilines is 2. The van der Waals surface area contributed by atoms with Crippen LogP contribution in [0.5, 0.6) is 0 Å². The van der Waals surface area contributed by atoms with E-state index in [4.69, 9.17) is 11.6 Å². The van der Waals surface area contributed by atoms with Crippen molar-refractivity contribution in [3.05, 3.63) is 57.0 Å². The second-order valence-corrected chi connectivity index (χ2v) is 6.30. The van der Waals surface area contributed by atoms with Crippen LogP contribution in [0.4, 0.5) is 11.4 Å². The van der Waals surface area contributed by atoms with Crippen molar-refractivity contribution in [3.63, 3.8) is 0 Å². The number of amides is 1. The van der Waals surface area contributed by atoms with E-state index in [1.807, 2.05) is 18.2 Å². The molecule has 0 spiro atoms. The molecule has 0 aromatic heterocycles. The fourth-order valence-corrected chi connectivity index (χ4v) is 2.97. The fourth-order valence-electron chi connectivity index (χ4n) is 2.41. The van der Waals surface area contributed by atoms with Crippen molar-refractivity contribution < 1.29 is 4.79 Å². The van der Waals surface area contributed by atoms with Crippen LogP contribution in [-0.4, -0.2) is 12.5 Å². The van der Waals surface area contributed by atoms with Gasteiger partial charge in [-0.1, -0.05) is 33.6 Å². The molecule has 0 saturated carbocycles. The molecule has 0 atom stereocenters. The number of benzene rings is 2. The fraction of sp³-hybridized carbons (Fsp3) is 0.188. The highest BCUT2D eigenvalue weighted by Crippen LogP contribution is 2.27. The van der Waals surface area contributed by atoms with Crippen LogP contribution in [-0.2, 0) is 6.42 Å². The third kappa shape index (κ3) is 3.22. The van der Waals surface area contributed by atoms with Gasteiger partial charge >= 0.3 is 0 Å². The van der Waals surface area contributed by atoms with Gasteiger partial charge in [-0.25, -0.2) is 0 Å². The van der Waals surface area contributed by atoms with E-state index in [1.54, 1.807) is 12.1 Å². The third-order valence-electron chi connectivity index (χ3n) is 3.48. The summed E-state index contributed by atoms with van der Waals surface area (Å²) in [6.07, 6.45) is 2.22. The maximum atomic E-state index is 12.3. The van der Waals surface area contributed by atoms with Crippen molar-refractivity contribution in [1.29, 1.82) is 0 Å². The van der Waals surface area contributed by atoms with Gasteiger partial charge in [0.2, 0.25) is 0 Å². The van der Waals surface area contributed by atoms with Crippen LogP contribution >= 0.6 is 27.5 Å². The minimum atomic E-state index is -0.211. The van der Waals surface area contributed by atoms with Gasteiger partial charge in [-0.2, -0.15) is 0 Å². The highest BCUT2D eigenvalue weighted by atomic mass is 79.9. The van der Waals surface area contributed by atoms with Crippen LogP contribution < -0.4 is 10.6 Å². The first-order chi connectivity index (χ1) is 10.1. The molecule has 0 aliphatic carbocycles. The Hall–Kier alpha value is -1.52. The zero-order chi connectivity index (χ0) is 14.8. The van der Waals surface area contributed by atoms with E-state index in [2.05, 4.69) is 32.6 Å². The standard InChI is InChI=1S/C16H14BrClN2O/c17-11-4-6-14(18)13(8-11)16(21)20-12-5-3-10-2-1-7-19-15(10)9-12/h3-6,8-9,19H,1-2,7H2,(H,20,21). The molecule has 0 radical (unpaired) electrons. The highest BCUT2D eigenvalue weighted by Gasteiger charge is 2.13. The first-order valence-corrected chi connectivity index (χ1v) is 7.94. The quantitative estimate of drug-likeness (QED) is 0.809. The Morgan fingerprint density at radius 3 is 2.95 bits per heavy atom. The summed E-state index contributed by atoms with van der Waals surface area (Å²) in [6, 6.07) is 11.2. The van der Waals surface area contributed by atoms with Crippen molar-refractivity contribution >= 4 is 44.8 Å². The number of halogens is 2. The number of rotatable bonds is 2. The Kier molecular flexibility index (Phi) is 4.17. The van der Waals surface area contributed by atoms with Gasteiger partial charge in [0, 0.05) is 22.4 Å². The van der Waals surface area contributed by atoms with Crippen LogP contribution in [0, 0.1) is 0 Å². The van der Waals surface area contributed by atoms with Crippen molar-refractivity contribution in [1.82, 2.24) is 0 Å². The number of fused-ring (bicyclic) bond motifs is 1. The largest absolute Gasteiger partial charge is 0.385 e. The smallest absolute Gasteiger partial charge is 0.257 e. The predicted molar refractivity (Wildman–Crippen MR) is 90.4 cm³/mol. The molecule has 0 unspecified atom stereocenters. The molecule has 0 bridgehead atoms. The molecule has 3 nitrogen and oxygen atoms in total. The molecule has 1 aliphatic rings. The van der Waals surface area contributed by atoms with Gasteiger partial charge in [0.1, 0.15) is 0 Å². The van der Waals surface area contributed by atoms with E-state index in [0.717, 1.165) is 35.2 Å². The molecule has 3 rings (SSSR count). The maximum absolute atomic E-state index is 12.3. The Bertz CT molecular complexity index is 703. The average Bonchev–Trinajstić information content (AvgIpc) is 2.49. The highest BCUT2D eigenvalue weighted by molar-refractivity contribution is 9.10. The summed E-state index contributed by atoms with van der Waals surface area (Å²) in [7, 11) is 0. The lowest BCUT2D eigenvalue weighted by Gasteiger charge is -2.19. The van der Waals surface area contributed by atoms with Gasteiger partial charge < -0.3 is 10.6 Å². The molecule has 1 heterocycles. The third-order valence-corrected chi connectivity index (χ3v) is 4.30. The molecule has 108 valence electrons. The number of nitrogens with one attached hydrogen (secondary N) is 2. The lowest BCUT2D eigenvalue weighted by molar-refractivity contribution is 0.102. The van der Waals surface area contributed by atoms with Gasteiger partial charge in [-0.05, 0) is 48.7 Å². The van der Waals surface area contributed by atoms with E-state index in [-0.39, 0.29) is 5.91 Å². The summed E-state index contributed by atoms with van der Waals surface area (Å²) in [6.45, 7) is 0.974. The van der Waals surface area contributed by atoms with Gasteiger partial charge in [-0.15, -0.1) is 0 Å². The van der Waals surface area contributed by atoms with E-state index >= 15 is 0 Å². The molecule has 2 aromatic carbocycles. The maximum Gasteiger partial charge on any atom is 0.257 e. The van der Waals surface area contributed by atoms with Gasteiger partial charge in [0.05, 0.1) is 10.6 Å². The number of carbonyl (C=O) groups excluding carboxylic acids is 1. The second kappa shape index (κ2) is 6.08. The molecule has 21 heavy (non-hydrogen) atoms. The van der Waals surface area contributed by atoms with Gasteiger partial charge in [0.25, 0.3) is 5.91 Å². The normalized spacial score (nSPS) is 13.2. The second-order valence-electron chi connectivity index (χ2n) is 4.98. The lowest BCUT2D eigenvalue weighted by Crippen LogP contribution is -2.15. The lowest BCUT2D eigenvalue weighted by atomic mass is 10.0. The first-order valence-electron chi connectivity index (χ1n) is 6.77. The topological polar surface area (TPSA) is 41.1 Å².